The molecule has 0 aromatic heterocycles. The fraction of sp³-hybridized carbons (Fsp3) is 0.200. The van der Waals surface area contributed by atoms with Gasteiger partial charge < -0.3 is 4.74 Å². The Labute approximate surface area is 130 Å². The van der Waals surface area contributed by atoms with Crippen LogP contribution >= 0.6 is 38.5 Å². The van der Waals surface area contributed by atoms with Crippen LogP contribution in [0, 0.1) is 3.57 Å². The first-order valence-corrected chi connectivity index (χ1v) is 7.71. The minimum absolute atomic E-state index is 0.333. The molecule has 3 heteroatoms. The molecule has 0 aliphatic heterocycles. The van der Waals surface area contributed by atoms with E-state index in [0.29, 0.717) is 4.83 Å². The molecular formula is C15H14BrIO. The first-order chi connectivity index (χ1) is 8.69. The van der Waals surface area contributed by atoms with Crippen molar-refractivity contribution in [1.29, 1.82) is 0 Å². The van der Waals surface area contributed by atoms with Gasteiger partial charge in [0.15, 0.2) is 0 Å². The summed E-state index contributed by atoms with van der Waals surface area (Å²) < 4.78 is 6.51. The molecule has 0 aliphatic carbocycles. The van der Waals surface area contributed by atoms with Gasteiger partial charge in [0.2, 0.25) is 0 Å². The lowest BCUT2D eigenvalue weighted by Gasteiger charge is -2.11. The lowest BCUT2D eigenvalue weighted by atomic mass is 10.0. The molecule has 94 valence electrons. The number of alkyl halides is 1. The van der Waals surface area contributed by atoms with Crippen LogP contribution in [0.4, 0.5) is 0 Å². The van der Waals surface area contributed by atoms with Gasteiger partial charge >= 0.3 is 0 Å². The molecule has 0 saturated heterocycles. The van der Waals surface area contributed by atoms with Gasteiger partial charge in [-0.3, -0.25) is 0 Å². The van der Waals surface area contributed by atoms with Gasteiger partial charge in [0.25, 0.3) is 0 Å². The Morgan fingerprint density at radius 3 is 2.67 bits per heavy atom. The van der Waals surface area contributed by atoms with Crippen molar-refractivity contribution < 1.29 is 4.74 Å². The maximum atomic E-state index is 5.24. The van der Waals surface area contributed by atoms with Gasteiger partial charge in [-0.15, -0.1) is 0 Å². The Morgan fingerprint density at radius 1 is 1.17 bits per heavy atom. The van der Waals surface area contributed by atoms with Crippen molar-refractivity contribution in [1.82, 2.24) is 0 Å². The van der Waals surface area contributed by atoms with E-state index in [1.54, 1.807) is 7.11 Å². The summed E-state index contributed by atoms with van der Waals surface area (Å²) in [6, 6.07) is 16.8. The Morgan fingerprint density at radius 2 is 1.94 bits per heavy atom. The number of hydrogen-bond donors (Lipinski definition) is 0. The normalized spacial score (nSPS) is 12.2. The molecule has 1 nitrogen and oxygen atoms in total. The molecule has 0 fully saturated rings. The third-order valence-electron chi connectivity index (χ3n) is 2.76. The Kier molecular flexibility index (Phi) is 5.06. The standard InChI is InChI=1S/C15H14BrIO/c1-18-14-7-2-4-11(8-14)9-15(16)12-5-3-6-13(17)10-12/h2-8,10,15H,9H2,1H3. The van der Waals surface area contributed by atoms with Crippen LogP contribution < -0.4 is 4.74 Å². The molecule has 1 atom stereocenters. The fourth-order valence-corrected chi connectivity index (χ4v) is 3.05. The van der Waals surface area contributed by atoms with E-state index < -0.39 is 0 Å². The second-order valence-electron chi connectivity index (χ2n) is 4.08. The second kappa shape index (κ2) is 6.57. The monoisotopic (exact) mass is 416 g/mol. The van der Waals surface area contributed by atoms with Crippen LogP contribution in [-0.2, 0) is 6.42 Å². The molecule has 0 bridgehead atoms. The largest absolute Gasteiger partial charge is 0.497 e. The number of hydrogen-bond acceptors (Lipinski definition) is 1. The Hall–Kier alpha value is -0.550. The zero-order chi connectivity index (χ0) is 13.0. The van der Waals surface area contributed by atoms with E-state index in [2.05, 4.69) is 74.9 Å². The Balaban J connectivity index is 2.13. The number of rotatable bonds is 4. The summed E-state index contributed by atoms with van der Waals surface area (Å²) in [5.41, 5.74) is 2.58. The van der Waals surface area contributed by atoms with E-state index in [1.807, 2.05) is 12.1 Å². The highest BCUT2D eigenvalue weighted by molar-refractivity contribution is 14.1. The molecule has 2 rings (SSSR count). The average Bonchev–Trinajstić information content (AvgIpc) is 2.39. The van der Waals surface area contributed by atoms with Crippen molar-refractivity contribution in [2.75, 3.05) is 7.11 Å². The predicted octanol–water partition coefficient (Wildman–Crippen LogP) is 4.98. The highest BCUT2D eigenvalue weighted by Gasteiger charge is 2.09. The lowest BCUT2D eigenvalue weighted by molar-refractivity contribution is 0.414. The molecule has 0 amide bonds. The van der Waals surface area contributed by atoms with Gasteiger partial charge in [0, 0.05) is 8.40 Å². The maximum Gasteiger partial charge on any atom is 0.119 e. The minimum Gasteiger partial charge on any atom is -0.497 e. The van der Waals surface area contributed by atoms with Crippen molar-refractivity contribution >= 4 is 38.5 Å². The molecule has 0 radical (unpaired) electrons. The summed E-state index contributed by atoms with van der Waals surface area (Å²) in [7, 11) is 1.70. The number of ether oxygens (including phenoxy) is 1. The van der Waals surface area contributed by atoms with E-state index in [-0.39, 0.29) is 0 Å². The van der Waals surface area contributed by atoms with E-state index in [9.17, 15) is 0 Å². The highest BCUT2D eigenvalue weighted by atomic mass is 127. The molecule has 0 heterocycles. The van der Waals surface area contributed by atoms with E-state index >= 15 is 0 Å². The van der Waals surface area contributed by atoms with Crippen molar-refractivity contribution in [2.45, 2.75) is 11.2 Å². The fourth-order valence-electron chi connectivity index (χ4n) is 1.83. The molecule has 18 heavy (non-hydrogen) atoms. The molecule has 0 N–H and O–H groups in total. The first kappa shape index (κ1) is 13.9. The molecule has 1 unspecified atom stereocenters. The van der Waals surface area contributed by atoms with E-state index in [1.165, 1.54) is 14.7 Å². The van der Waals surface area contributed by atoms with Crippen molar-refractivity contribution in [3.05, 3.63) is 63.2 Å². The maximum absolute atomic E-state index is 5.24. The molecule has 0 aliphatic rings. The minimum atomic E-state index is 0.333. The van der Waals surface area contributed by atoms with Gasteiger partial charge in [-0.05, 0) is 64.4 Å². The van der Waals surface area contributed by atoms with Crippen LogP contribution in [0.3, 0.4) is 0 Å². The van der Waals surface area contributed by atoms with Gasteiger partial charge in [-0.2, -0.15) is 0 Å². The first-order valence-electron chi connectivity index (χ1n) is 5.71. The summed E-state index contributed by atoms with van der Waals surface area (Å²) in [4.78, 5) is 0.333. The number of halogens is 2. The Bertz CT molecular complexity index is 527. The van der Waals surface area contributed by atoms with Gasteiger partial charge in [-0.1, -0.05) is 40.2 Å². The predicted molar refractivity (Wildman–Crippen MR) is 87.5 cm³/mol. The van der Waals surface area contributed by atoms with E-state index in [4.69, 9.17) is 4.74 Å². The molecule has 0 spiro atoms. The number of benzene rings is 2. The van der Waals surface area contributed by atoms with Crippen molar-refractivity contribution in [3.8, 4) is 5.75 Å². The van der Waals surface area contributed by atoms with Gasteiger partial charge in [0.05, 0.1) is 7.11 Å². The zero-order valence-corrected chi connectivity index (χ0v) is 13.8. The smallest absolute Gasteiger partial charge is 0.119 e. The third-order valence-corrected chi connectivity index (χ3v) is 4.28. The third kappa shape index (κ3) is 3.72. The zero-order valence-electron chi connectivity index (χ0n) is 10.1. The van der Waals surface area contributed by atoms with Crippen LogP contribution in [-0.4, -0.2) is 7.11 Å². The van der Waals surface area contributed by atoms with Crippen LogP contribution in [0.2, 0.25) is 0 Å². The van der Waals surface area contributed by atoms with Crippen LogP contribution in [0.5, 0.6) is 5.75 Å². The molecular weight excluding hydrogens is 403 g/mol. The summed E-state index contributed by atoms with van der Waals surface area (Å²) >= 11 is 6.10. The summed E-state index contributed by atoms with van der Waals surface area (Å²) in [6.07, 6.45) is 0.956. The molecule has 2 aromatic rings. The quantitative estimate of drug-likeness (QED) is 0.504. The lowest BCUT2D eigenvalue weighted by Crippen LogP contribution is -1.96. The topological polar surface area (TPSA) is 9.23 Å². The number of methoxy groups -OCH3 is 1. The second-order valence-corrected chi connectivity index (χ2v) is 6.43. The summed E-state index contributed by atoms with van der Waals surface area (Å²) in [5.74, 6) is 0.912. The molecule has 2 aromatic carbocycles. The molecule has 0 saturated carbocycles. The van der Waals surface area contributed by atoms with Crippen molar-refractivity contribution in [3.63, 3.8) is 0 Å². The average molecular weight is 417 g/mol. The van der Waals surface area contributed by atoms with Gasteiger partial charge in [0.1, 0.15) is 5.75 Å². The SMILES string of the molecule is COc1cccc(CC(Br)c2cccc(I)c2)c1. The van der Waals surface area contributed by atoms with Gasteiger partial charge in [-0.25, -0.2) is 0 Å². The summed E-state index contributed by atoms with van der Waals surface area (Å²) in [5, 5.41) is 0. The van der Waals surface area contributed by atoms with E-state index in [0.717, 1.165) is 12.2 Å². The van der Waals surface area contributed by atoms with Crippen LogP contribution in [0.25, 0.3) is 0 Å². The van der Waals surface area contributed by atoms with Crippen molar-refractivity contribution in [2.24, 2.45) is 0 Å². The van der Waals surface area contributed by atoms with Crippen LogP contribution in [0.1, 0.15) is 16.0 Å². The highest BCUT2D eigenvalue weighted by Crippen LogP contribution is 2.29. The summed E-state index contributed by atoms with van der Waals surface area (Å²) in [6.45, 7) is 0. The van der Waals surface area contributed by atoms with Crippen LogP contribution in [0.15, 0.2) is 48.5 Å².